The molecule has 7 aromatic carbocycles. The van der Waals surface area contributed by atoms with Crippen LogP contribution in [0.1, 0.15) is 43.2 Å². The summed E-state index contributed by atoms with van der Waals surface area (Å²) in [5, 5.41) is 6.34. The number of pyridine rings is 1. The monoisotopic (exact) mass is 856 g/mol. The summed E-state index contributed by atoms with van der Waals surface area (Å²) in [7, 11) is 0. The third-order valence-corrected chi connectivity index (χ3v) is 18.0. The summed E-state index contributed by atoms with van der Waals surface area (Å²) in [5.74, 6) is 4.98. The highest BCUT2D eigenvalue weighted by Gasteiger charge is 2.61. The fourth-order valence-electron chi connectivity index (χ4n) is 13.2. The molecule has 4 nitrogen and oxygen atoms in total. The van der Waals surface area contributed by atoms with Gasteiger partial charge in [0.2, 0.25) is 0 Å². The third kappa shape index (κ3) is 5.09. The molecule has 0 radical (unpaired) electrons. The van der Waals surface area contributed by atoms with Crippen molar-refractivity contribution < 1.29 is 0 Å². The standard InChI is InChI=1S/C58H40N4S2/c1-4-10-49-34(7-1)16-21-50(59-49)57-61-55(60-56(62-57)38-14-19-44-42-8-2-5-11-51(42)64-54(44)31-38)37-15-20-47-45(29-37)41-18-13-36(35-17-22-53-46(28-35)43-9-3-6-12-52(43)63-53)30-48(41)58(47)39-24-32-23-33(26-39)27-40(58)25-32/h1-22,28-33,39-40H,23-27H2. The minimum atomic E-state index is 0.0237. The van der Waals surface area contributed by atoms with Crippen molar-refractivity contribution in [1.82, 2.24) is 19.9 Å². The van der Waals surface area contributed by atoms with Crippen LogP contribution in [0.25, 0.3) is 108 Å². The molecule has 5 aliphatic rings. The van der Waals surface area contributed by atoms with Crippen LogP contribution in [0.15, 0.2) is 158 Å². The first kappa shape index (κ1) is 35.8. The zero-order valence-electron chi connectivity index (χ0n) is 35.0. The molecule has 4 aromatic heterocycles. The number of fused-ring (bicyclic) bond motifs is 10. The molecule has 4 bridgehead atoms. The second kappa shape index (κ2) is 13.2. The van der Waals surface area contributed by atoms with Crippen molar-refractivity contribution >= 4 is 73.9 Å². The Balaban J connectivity index is 0.912. The Bertz CT molecular complexity index is 3760. The lowest BCUT2D eigenvalue weighted by molar-refractivity contribution is -0.0399. The largest absolute Gasteiger partial charge is 0.244 e. The smallest absolute Gasteiger partial charge is 0.182 e. The van der Waals surface area contributed by atoms with Crippen molar-refractivity contribution in [3.63, 3.8) is 0 Å². The highest BCUT2D eigenvalue weighted by atomic mass is 32.1. The Morgan fingerprint density at radius 1 is 0.391 bits per heavy atom. The van der Waals surface area contributed by atoms with Gasteiger partial charge in [0.05, 0.1) is 5.52 Å². The van der Waals surface area contributed by atoms with E-state index in [-0.39, 0.29) is 5.41 Å². The number of nitrogens with zero attached hydrogens (tertiary/aromatic N) is 4. The van der Waals surface area contributed by atoms with Crippen LogP contribution < -0.4 is 0 Å². The number of hydrogen-bond acceptors (Lipinski definition) is 6. The van der Waals surface area contributed by atoms with E-state index in [1.165, 1.54) is 100 Å². The van der Waals surface area contributed by atoms with E-state index in [0.717, 1.165) is 39.6 Å². The van der Waals surface area contributed by atoms with Gasteiger partial charge in [0, 0.05) is 62.3 Å². The van der Waals surface area contributed by atoms with Crippen molar-refractivity contribution in [3.8, 4) is 56.5 Å². The highest BCUT2D eigenvalue weighted by molar-refractivity contribution is 7.26. The molecule has 4 fully saturated rings. The van der Waals surface area contributed by atoms with E-state index in [4.69, 9.17) is 19.9 Å². The molecule has 1 spiro atoms. The summed E-state index contributed by atoms with van der Waals surface area (Å²) in [6.07, 6.45) is 6.80. The lowest BCUT2D eigenvalue weighted by Crippen LogP contribution is -2.55. The molecule has 5 aliphatic carbocycles. The number of rotatable bonds is 4. The molecule has 4 heterocycles. The van der Waals surface area contributed by atoms with Gasteiger partial charge in [-0.05, 0) is 144 Å². The van der Waals surface area contributed by atoms with Crippen molar-refractivity contribution in [2.75, 3.05) is 0 Å². The maximum absolute atomic E-state index is 5.33. The number of thiophene rings is 2. The topological polar surface area (TPSA) is 51.6 Å². The quantitative estimate of drug-likeness (QED) is 0.177. The summed E-state index contributed by atoms with van der Waals surface area (Å²) in [5.41, 5.74) is 12.1. The summed E-state index contributed by atoms with van der Waals surface area (Å²) in [4.78, 5) is 20.9. The average molecular weight is 857 g/mol. The molecule has 11 aromatic rings. The van der Waals surface area contributed by atoms with Crippen LogP contribution in [-0.4, -0.2) is 19.9 Å². The van der Waals surface area contributed by atoms with E-state index >= 15 is 0 Å². The van der Waals surface area contributed by atoms with Crippen LogP contribution in [0, 0.1) is 23.7 Å². The zero-order valence-corrected chi connectivity index (χ0v) is 36.6. The molecule has 0 atom stereocenters. The Kier molecular flexibility index (Phi) is 7.40. The van der Waals surface area contributed by atoms with Gasteiger partial charge in [-0.1, -0.05) is 103 Å². The van der Waals surface area contributed by atoms with E-state index in [1.807, 2.05) is 34.8 Å². The van der Waals surface area contributed by atoms with E-state index < -0.39 is 0 Å². The second-order valence-corrected chi connectivity index (χ2v) is 21.2. The Morgan fingerprint density at radius 2 is 1.00 bits per heavy atom. The fraction of sp³-hybridized carbons (Fsp3) is 0.172. The number of benzene rings is 7. The lowest BCUT2D eigenvalue weighted by atomic mass is 9.43. The number of para-hydroxylation sites is 1. The maximum atomic E-state index is 5.33. The summed E-state index contributed by atoms with van der Waals surface area (Å²) in [6, 6.07) is 58.4. The van der Waals surface area contributed by atoms with Crippen LogP contribution >= 0.6 is 22.7 Å². The van der Waals surface area contributed by atoms with Crippen LogP contribution in [0.4, 0.5) is 0 Å². The van der Waals surface area contributed by atoms with Gasteiger partial charge in [-0.2, -0.15) is 0 Å². The number of aromatic nitrogens is 4. The second-order valence-electron chi connectivity index (χ2n) is 19.0. The van der Waals surface area contributed by atoms with E-state index in [9.17, 15) is 0 Å². The molecular formula is C58H40N4S2. The molecule has 0 saturated heterocycles. The Morgan fingerprint density at radius 3 is 1.81 bits per heavy atom. The van der Waals surface area contributed by atoms with Gasteiger partial charge in [0.25, 0.3) is 0 Å². The van der Waals surface area contributed by atoms with Crippen LogP contribution in [0.2, 0.25) is 0 Å². The van der Waals surface area contributed by atoms with Crippen LogP contribution in [-0.2, 0) is 5.41 Å². The molecule has 4 saturated carbocycles. The first-order chi connectivity index (χ1) is 31.6. The predicted molar refractivity (Wildman–Crippen MR) is 266 cm³/mol. The highest BCUT2D eigenvalue weighted by Crippen LogP contribution is 2.69. The Labute approximate surface area is 378 Å². The van der Waals surface area contributed by atoms with E-state index in [1.54, 1.807) is 5.56 Å². The fourth-order valence-corrected chi connectivity index (χ4v) is 15.5. The minimum Gasteiger partial charge on any atom is -0.244 e. The third-order valence-electron chi connectivity index (χ3n) is 15.7. The molecule has 16 rings (SSSR count). The van der Waals surface area contributed by atoms with E-state index in [2.05, 4.69) is 146 Å². The predicted octanol–water partition coefficient (Wildman–Crippen LogP) is 15.5. The molecule has 64 heavy (non-hydrogen) atoms. The van der Waals surface area contributed by atoms with Gasteiger partial charge < -0.3 is 0 Å². The van der Waals surface area contributed by atoms with Gasteiger partial charge in [-0.3, -0.25) is 0 Å². The van der Waals surface area contributed by atoms with Crippen molar-refractivity contribution in [2.24, 2.45) is 23.7 Å². The first-order valence-electron chi connectivity index (χ1n) is 22.9. The molecule has 0 amide bonds. The van der Waals surface area contributed by atoms with Gasteiger partial charge in [0.1, 0.15) is 5.69 Å². The van der Waals surface area contributed by atoms with Gasteiger partial charge in [0.15, 0.2) is 17.5 Å². The summed E-state index contributed by atoms with van der Waals surface area (Å²) in [6.45, 7) is 0. The molecule has 0 unspecified atom stereocenters. The molecule has 0 N–H and O–H groups in total. The summed E-state index contributed by atoms with van der Waals surface area (Å²) < 4.78 is 5.21. The zero-order chi connectivity index (χ0) is 41.7. The average Bonchev–Trinajstić information content (AvgIpc) is 4.00. The van der Waals surface area contributed by atoms with Crippen molar-refractivity contribution in [3.05, 3.63) is 169 Å². The van der Waals surface area contributed by atoms with Gasteiger partial charge in [-0.25, -0.2) is 19.9 Å². The minimum absolute atomic E-state index is 0.0237. The molecule has 304 valence electrons. The van der Waals surface area contributed by atoms with Crippen LogP contribution in [0.5, 0.6) is 0 Å². The first-order valence-corrected chi connectivity index (χ1v) is 24.5. The van der Waals surface area contributed by atoms with Crippen molar-refractivity contribution in [2.45, 2.75) is 37.5 Å². The SMILES string of the molecule is c1ccc2nc(-c3nc(-c4ccc5c(c4)-c4ccc(-c6ccc7sc8ccccc8c7c6)cc4C54C5CC6CC(C5)CC4C6)nc(-c4ccc5c(c4)sc4ccccc45)n3)ccc2c1. The van der Waals surface area contributed by atoms with E-state index in [0.29, 0.717) is 29.3 Å². The van der Waals surface area contributed by atoms with Crippen molar-refractivity contribution in [1.29, 1.82) is 0 Å². The number of hydrogen-bond donors (Lipinski definition) is 0. The molecule has 0 aliphatic heterocycles. The maximum Gasteiger partial charge on any atom is 0.182 e. The molecular weight excluding hydrogens is 817 g/mol. The van der Waals surface area contributed by atoms with Crippen LogP contribution in [0.3, 0.4) is 0 Å². The van der Waals surface area contributed by atoms with Gasteiger partial charge >= 0.3 is 0 Å². The van der Waals surface area contributed by atoms with Gasteiger partial charge in [-0.15, -0.1) is 22.7 Å². The lowest BCUT2D eigenvalue weighted by Gasteiger charge is -2.61. The summed E-state index contributed by atoms with van der Waals surface area (Å²) >= 11 is 3.71. The Hall–Kier alpha value is -6.60. The molecule has 6 heteroatoms. The normalized spacial score (nSPS) is 21.8.